The first-order chi connectivity index (χ1) is 8.78. The van der Waals surface area contributed by atoms with E-state index in [1.165, 1.54) is 25.7 Å². The Hall–Kier alpha value is 0. The number of hydrogen-bond acceptors (Lipinski definition) is 0. The van der Waals surface area contributed by atoms with Crippen molar-refractivity contribution in [3.05, 3.63) is 0 Å². The van der Waals surface area contributed by atoms with Gasteiger partial charge in [-0.15, -0.1) is 0 Å². The number of rotatable bonds is 1. The zero-order valence-electron chi connectivity index (χ0n) is 14.4. The highest BCUT2D eigenvalue weighted by Gasteiger charge is 2.51. The summed E-state index contributed by atoms with van der Waals surface area (Å²) in [5.41, 5.74) is 0.569. The maximum absolute atomic E-state index is 2.64. The van der Waals surface area contributed by atoms with Gasteiger partial charge >= 0.3 is 0 Å². The fourth-order valence-corrected chi connectivity index (χ4v) is 5.65. The smallest absolute Gasteiger partial charge is 0.0241 e. The van der Waals surface area contributed by atoms with Crippen LogP contribution in [-0.2, 0) is 0 Å². The molecule has 0 heterocycles. The summed E-state index contributed by atoms with van der Waals surface area (Å²) in [5.74, 6) is 6.42. The average Bonchev–Trinajstić information content (AvgIpc) is 2.36. The van der Waals surface area contributed by atoms with E-state index in [4.69, 9.17) is 0 Å². The second-order valence-electron chi connectivity index (χ2n) is 8.63. The van der Waals surface area contributed by atoms with Gasteiger partial charge in [-0.1, -0.05) is 54.9 Å². The molecule has 0 bridgehead atoms. The van der Waals surface area contributed by atoms with Crippen LogP contribution in [0.3, 0.4) is 0 Å². The highest BCUT2D eigenvalue weighted by Crippen LogP contribution is 2.58. The van der Waals surface area contributed by atoms with Crippen LogP contribution >= 0.6 is 0 Å². The lowest BCUT2D eigenvalue weighted by Crippen LogP contribution is -2.50. The number of hydrogen-bond donors (Lipinski definition) is 0. The molecule has 0 nitrogen and oxygen atoms in total. The lowest BCUT2D eigenvalue weighted by molar-refractivity contribution is -0.0837. The molecule has 112 valence electrons. The Kier molecular flexibility index (Phi) is 4.38. The van der Waals surface area contributed by atoms with Crippen LogP contribution in [0.15, 0.2) is 0 Å². The van der Waals surface area contributed by atoms with Crippen molar-refractivity contribution in [2.45, 2.75) is 74.1 Å². The fourth-order valence-electron chi connectivity index (χ4n) is 5.65. The zero-order chi connectivity index (χ0) is 14.4. The summed E-state index contributed by atoms with van der Waals surface area (Å²) in [4.78, 5) is 0. The molecule has 2 fully saturated rings. The van der Waals surface area contributed by atoms with E-state index in [1.54, 1.807) is 0 Å². The third kappa shape index (κ3) is 2.49. The minimum Gasteiger partial charge on any atom is -0.0625 e. The van der Waals surface area contributed by atoms with Crippen LogP contribution < -0.4 is 0 Å². The predicted octanol–water partition coefficient (Wildman–Crippen LogP) is 6.01. The van der Waals surface area contributed by atoms with Gasteiger partial charge in [0.15, 0.2) is 0 Å². The summed E-state index contributed by atoms with van der Waals surface area (Å²) >= 11 is 0. The zero-order valence-corrected chi connectivity index (χ0v) is 14.4. The second kappa shape index (κ2) is 5.41. The van der Waals surface area contributed by atoms with Gasteiger partial charge in [-0.05, 0) is 66.1 Å². The summed E-state index contributed by atoms with van der Waals surface area (Å²) in [6.07, 6.45) is 5.83. The molecule has 2 aliphatic rings. The predicted molar refractivity (Wildman–Crippen MR) is 85.0 cm³/mol. The Balaban J connectivity index is 2.30. The van der Waals surface area contributed by atoms with Crippen molar-refractivity contribution in [3.8, 4) is 0 Å². The van der Waals surface area contributed by atoms with E-state index in [0.717, 1.165) is 41.4 Å². The molecule has 0 aromatic heterocycles. The molecule has 8 unspecified atom stereocenters. The lowest BCUT2D eigenvalue weighted by atomic mass is 9.48. The molecule has 0 aliphatic heterocycles. The molecule has 0 aromatic rings. The molecule has 0 amide bonds. The Labute approximate surface area is 121 Å². The lowest BCUT2D eigenvalue weighted by Gasteiger charge is -2.57. The molecule has 2 saturated carbocycles. The Morgan fingerprint density at radius 2 is 1.42 bits per heavy atom. The van der Waals surface area contributed by atoms with Crippen LogP contribution in [0.1, 0.15) is 74.1 Å². The van der Waals surface area contributed by atoms with E-state index in [9.17, 15) is 0 Å². The molecule has 0 aromatic carbocycles. The molecular weight excluding hydrogens is 228 g/mol. The normalized spacial score (nSPS) is 56.1. The summed E-state index contributed by atoms with van der Waals surface area (Å²) < 4.78 is 0. The van der Waals surface area contributed by atoms with Crippen molar-refractivity contribution in [2.24, 2.45) is 46.8 Å². The minimum atomic E-state index is 0.569. The maximum Gasteiger partial charge on any atom is -0.0241 e. The minimum absolute atomic E-state index is 0.569. The molecule has 0 spiro atoms. The third-order valence-corrected chi connectivity index (χ3v) is 7.71. The molecule has 8 atom stereocenters. The second-order valence-corrected chi connectivity index (χ2v) is 8.63. The van der Waals surface area contributed by atoms with Gasteiger partial charge in [0.25, 0.3) is 0 Å². The summed E-state index contributed by atoms with van der Waals surface area (Å²) in [7, 11) is 0. The van der Waals surface area contributed by atoms with E-state index >= 15 is 0 Å². The van der Waals surface area contributed by atoms with Crippen LogP contribution in [0.2, 0.25) is 0 Å². The van der Waals surface area contributed by atoms with Gasteiger partial charge in [0.2, 0.25) is 0 Å². The van der Waals surface area contributed by atoms with Crippen molar-refractivity contribution < 1.29 is 0 Å². The standard InChI is InChI=1S/C19H36/c1-12-10-14(3)16(5)18(11-12)19(7)15(4)9-8-13(2)17(19)6/h12-18H,8-11H2,1-7H3. The first kappa shape index (κ1) is 15.4. The van der Waals surface area contributed by atoms with Crippen LogP contribution in [0, 0.1) is 46.8 Å². The quantitative estimate of drug-likeness (QED) is 0.544. The van der Waals surface area contributed by atoms with Crippen LogP contribution in [0.4, 0.5) is 0 Å². The van der Waals surface area contributed by atoms with Crippen LogP contribution in [-0.4, -0.2) is 0 Å². The highest BCUT2D eigenvalue weighted by atomic mass is 14.6. The monoisotopic (exact) mass is 264 g/mol. The molecule has 2 rings (SSSR count). The van der Waals surface area contributed by atoms with Gasteiger partial charge in [0, 0.05) is 0 Å². The van der Waals surface area contributed by atoms with E-state index in [2.05, 4.69) is 48.5 Å². The topological polar surface area (TPSA) is 0 Å². The molecular formula is C19H36. The Morgan fingerprint density at radius 1 is 0.789 bits per heavy atom. The van der Waals surface area contributed by atoms with Crippen molar-refractivity contribution in [1.82, 2.24) is 0 Å². The Morgan fingerprint density at radius 3 is 2.05 bits per heavy atom. The van der Waals surface area contributed by atoms with Crippen LogP contribution in [0.25, 0.3) is 0 Å². The first-order valence-electron chi connectivity index (χ1n) is 8.78. The van der Waals surface area contributed by atoms with Crippen molar-refractivity contribution >= 4 is 0 Å². The van der Waals surface area contributed by atoms with E-state index in [-0.39, 0.29) is 0 Å². The van der Waals surface area contributed by atoms with Gasteiger partial charge < -0.3 is 0 Å². The van der Waals surface area contributed by atoms with Crippen molar-refractivity contribution in [2.75, 3.05) is 0 Å². The molecule has 19 heavy (non-hydrogen) atoms. The van der Waals surface area contributed by atoms with Crippen LogP contribution in [0.5, 0.6) is 0 Å². The van der Waals surface area contributed by atoms with Gasteiger partial charge in [0.05, 0.1) is 0 Å². The summed E-state index contributed by atoms with van der Waals surface area (Å²) in [5, 5.41) is 0. The third-order valence-electron chi connectivity index (χ3n) is 7.71. The van der Waals surface area contributed by atoms with E-state index in [1.807, 2.05) is 0 Å². The highest BCUT2D eigenvalue weighted by molar-refractivity contribution is 4.99. The van der Waals surface area contributed by atoms with Gasteiger partial charge in [0.1, 0.15) is 0 Å². The average molecular weight is 264 g/mol. The van der Waals surface area contributed by atoms with Crippen molar-refractivity contribution in [3.63, 3.8) is 0 Å². The molecule has 0 N–H and O–H groups in total. The first-order valence-corrected chi connectivity index (χ1v) is 8.78. The summed E-state index contributed by atoms with van der Waals surface area (Å²) in [6, 6.07) is 0. The van der Waals surface area contributed by atoms with Gasteiger partial charge in [-0.3, -0.25) is 0 Å². The van der Waals surface area contributed by atoms with Gasteiger partial charge in [-0.25, -0.2) is 0 Å². The SMILES string of the molecule is CC1CC(C)C(C)C(C2(C)C(C)CCC(C)C2C)C1. The molecule has 0 radical (unpaired) electrons. The van der Waals surface area contributed by atoms with E-state index < -0.39 is 0 Å². The van der Waals surface area contributed by atoms with E-state index in [0.29, 0.717) is 5.41 Å². The summed E-state index contributed by atoms with van der Waals surface area (Å²) in [6.45, 7) is 17.8. The molecule has 0 saturated heterocycles. The molecule has 0 heteroatoms. The largest absolute Gasteiger partial charge is 0.0625 e. The van der Waals surface area contributed by atoms with Crippen molar-refractivity contribution in [1.29, 1.82) is 0 Å². The molecule has 2 aliphatic carbocycles. The van der Waals surface area contributed by atoms with Gasteiger partial charge in [-0.2, -0.15) is 0 Å². The fraction of sp³-hybridized carbons (Fsp3) is 1.00. The maximum atomic E-state index is 2.64. The Bertz CT molecular complexity index is 307.